The van der Waals surface area contributed by atoms with Crippen LogP contribution in [0.5, 0.6) is 0 Å². The minimum Gasteiger partial charge on any atom is -0.462 e. The fourth-order valence-electron chi connectivity index (χ4n) is 1.86. The summed E-state index contributed by atoms with van der Waals surface area (Å²) in [5.41, 5.74) is 1.81. The predicted molar refractivity (Wildman–Crippen MR) is 91.3 cm³/mol. The lowest BCUT2D eigenvalue weighted by Crippen LogP contribution is -2.11. The van der Waals surface area contributed by atoms with Crippen molar-refractivity contribution in [1.82, 2.24) is 0 Å². The smallest absolute Gasteiger partial charge is 0.338 e. The molecule has 4 nitrogen and oxygen atoms in total. The number of hydrogen-bond acceptors (Lipinski definition) is 3. The molecule has 0 saturated heterocycles. The maximum atomic E-state index is 12.0. The molecule has 0 aliphatic carbocycles. The maximum Gasteiger partial charge on any atom is 0.338 e. The zero-order chi connectivity index (χ0) is 16.7. The fourth-order valence-corrected chi connectivity index (χ4v) is 2.03. The molecule has 2 rings (SSSR count). The Kier molecular flexibility index (Phi) is 5.94. The monoisotopic (exact) mass is 329 g/mol. The van der Waals surface area contributed by atoms with E-state index < -0.39 is 11.9 Å². The number of halogens is 1. The van der Waals surface area contributed by atoms with Gasteiger partial charge in [-0.05, 0) is 42.8 Å². The first-order chi connectivity index (χ1) is 11.1. The molecule has 1 amide bonds. The second-order valence-corrected chi connectivity index (χ2v) is 5.06. The summed E-state index contributed by atoms with van der Waals surface area (Å²) in [6.45, 7) is 2.06. The number of hydrogen-bond donors (Lipinski definition) is 1. The number of nitrogens with one attached hydrogen (secondary N) is 1. The normalized spacial score (nSPS) is 11.0. The van der Waals surface area contributed by atoms with Crippen LogP contribution in [0.4, 0.5) is 5.69 Å². The highest BCUT2D eigenvalue weighted by atomic mass is 35.5. The largest absolute Gasteiger partial charge is 0.462 e. The standard InChI is InChI=1S/C18H16ClNO3/c1-2-23-18(22)14-8-10-15(11-9-14)20-17(21)16(19)12-13-6-4-3-5-7-13/h3-12H,2H2,1H3,(H,20,21). The van der Waals surface area contributed by atoms with Gasteiger partial charge in [-0.1, -0.05) is 41.9 Å². The van der Waals surface area contributed by atoms with Crippen LogP contribution in [0.2, 0.25) is 0 Å². The van der Waals surface area contributed by atoms with E-state index in [1.807, 2.05) is 30.3 Å². The summed E-state index contributed by atoms with van der Waals surface area (Å²) in [6, 6.07) is 15.7. The van der Waals surface area contributed by atoms with E-state index in [1.165, 1.54) is 0 Å². The zero-order valence-corrected chi connectivity index (χ0v) is 13.3. The molecule has 0 aromatic heterocycles. The van der Waals surface area contributed by atoms with Crippen molar-refractivity contribution in [1.29, 1.82) is 0 Å². The summed E-state index contributed by atoms with van der Waals surface area (Å²) in [6.07, 6.45) is 1.59. The van der Waals surface area contributed by atoms with Gasteiger partial charge in [-0.3, -0.25) is 4.79 Å². The Morgan fingerprint density at radius 2 is 1.74 bits per heavy atom. The van der Waals surface area contributed by atoms with Gasteiger partial charge >= 0.3 is 5.97 Å². The van der Waals surface area contributed by atoms with Crippen LogP contribution < -0.4 is 5.32 Å². The Hall–Kier alpha value is -2.59. The Labute approximate surface area is 139 Å². The number of anilines is 1. The van der Waals surface area contributed by atoms with Crippen LogP contribution in [0.1, 0.15) is 22.8 Å². The van der Waals surface area contributed by atoms with Crippen LogP contribution in [-0.2, 0) is 9.53 Å². The molecule has 0 heterocycles. The van der Waals surface area contributed by atoms with Crippen LogP contribution in [0.25, 0.3) is 6.08 Å². The molecule has 0 bridgehead atoms. The first kappa shape index (κ1) is 16.8. The van der Waals surface area contributed by atoms with Crippen LogP contribution >= 0.6 is 11.6 Å². The maximum absolute atomic E-state index is 12.0. The minimum atomic E-state index is -0.417. The van der Waals surface area contributed by atoms with Gasteiger partial charge in [0, 0.05) is 5.69 Å². The SMILES string of the molecule is CCOC(=O)c1ccc(NC(=O)C(Cl)=Cc2ccccc2)cc1. The quantitative estimate of drug-likeness (QED) is 0.664. The molecule has 2 aromatic carbocycles. The average Bonchev–Trinajstić information content (AvgIpc) is 2.56. The number of rotatable bonds is 5. The Bertz CT molecular complexity index is 709. The number of esters is 1. The predicted octanol–water partition coefficient (Wildman–Crippen LogP) is 4.08. The van der Waals surface area contributed by atoms with Gasteiger partial charge in [0.1, 0.15) is 5.03 Å². The molecule has 0 aliphatic rings. The van der Waals surface area contributed by atoms with E-state index in [-0.39, 0.29) is 5.03 Å². The summed E-state index contributed by atoms with van der Waals surface area (Å²) < 4.78 is 4.90. The Morgan fingerprint density at radius 1 is 1.09 bits per heavy atom. The number of amides is 1. The molecule has 0 fully saturated rings. The Balaban J connectivity index is 2.02. The molecule has 0 saturated carbocycles. The highest BCUT2D eigenvalue weighted by molar-refractivity contribution is 6.45. The van der Waals surface area contributed by atoms with E-state index in [4.69, 9.17) is 16.3 Å². The van der Waals surface area contributed by atoms with E-state index in [9.17, 15) is 9.59 Å². The second kappa shape index (κ2) is 8.15. The summed E-state index contributed by atoms with van der Waals surface area (Å²) >= 11 is 6.01. The van der Waals surface area contributed by atoms with Gasteiger partial charge in [-0.2, -0.15) is 0 Å². The van der Waals surface area contributed by atoms with Gasteiger partial charge < -0.3 is 10.1 Å². The molecular formula is C18H16ClNO3. The van der Waals surface area contributed by atoms with Crippen molar-refractivity contribution in [2.45, 2.75) is 6.92 Å². The van der Waals surface area contributed by atoms with Crippen LogP contribution in [-0.4, -0.2) is 18.5 Å². The lowest BCUT2D eigenvalue weighted by Gasteiger charge is -2.06. The third-order valence-corrected chi connectivity index (χ3v) is 3.24. The van der Waals surface area contributed by atoms with Gasteiger partial charge in [0.15, 0.2) is 0 Å². The van der Waals surface area contributed by atoms with Crippen molar-refractivity contribution >= 4 is 35.2 Å². The molecule has 23 heavy (non-hydrogen) atoms. The third kappa shape index (κ3) is 4.97. The topological polar surface area (TPSA) is 55.4 Å². The summed E-state index contributed by atoms with van der Waals surface area (Å²) in [5.74, 6) is -0.813. The van der Waals surface area contributed by atoms with E-state index in [0.717, 1.165) is 5.56 Å². The molecule has 1 N–H and O–H groups in total. The number of carbonyl (C=O) groups excluding carboxylic acids is 2. The van der Waals surface area contributed by atoms with Crippen LogP contribution in [0, 0.1) is 0 Å². The van der Waals surface area contributed by atoms with Gasteiger partial charge in [-0.15, -0.1) is 0 Å². The lowest BCUT2D eigenvalue weighted by atomic mass is 10.2. The second-order valence-electron chi connectivity index (χ2n) is 4.65. The molecule has 118 valence electrons. The summed E-state index contributed by atoms with van der Waals surface area (Å²) in [5, 5.41) is 2.74. The number of benzene rings is 2. The van der Waals surface area contributed by atoms with Crippen LogP contribution in [0.3, 0.4) is 0 Å². The van der Waals surface area contributed by atoms with Gasteiger partial charge in [0.25, 0.3) is 5.91 Å². The van der Waals surface area contributed by atoms with Gasteiger partial charge in [-0.25, -0.2) is 4.79 Å². The van der Waals surface area contributed by atoms with E-state index in [0.29, 0.717) is 17.9 Å². The van der Waals surface area contributed by atoms with Crippen molar-refractivity contribution in [2.24, 2.45) is 0 Å². The van der Waals surface area contributed by atoms with E-state index in [1.54, 1.807) is 37.3 Å². The average molecular weight is 330 g/mol. The minimum absolute atomic E-state index is 0.0747. The first-order valence-electron chi connectivity index (χ1n) is 7.11. The molecule has 0 unspecified atom stereocenters. The molecule has 0 radical (unpaired) electrons. The fraction of sp³-hybridized carbons (Fsp3) is 0.111. The van der Waals surface area contributed by atoms with Crippen molar-refractivity contribution < 1.29 is 14.3 Å². The molecule has 2 aromatic rings. The first-order valence-corrected chi connectivity index (χ1v) is 7.48. The summed E-state index contributed by atoms with van der Waals surface area (Å²) in [4.78, 5) is 23.6. The van der Waals surface area contributed by atoms with E-state index in [2.05, 4.69) is 5.32 Å². The van der Waals surface area contributed by atoms with Crippen LogP contribution in [0.15, 0.2) is 59.6 Å². The van der Waals surface area contributed by atoms with Gasteiger partial charge in [0.05, 0.1) is 12.2 Å². The highest BCUT2D eigenvalue weighted by Gasteiger charge is 2.09. The summed E-state index contributed by atoms with van der Waals surface area (Å²) in [7, 11) is 0. The number of carbonyl (C=O) groups is 2. The lowest BCUT2D eigenvalue weighted by molar-refractivity contribution is -0.112. The molecule has 5 heteroatoms. The third-order valence-electron chi connectivity index (χ3n) is 2.96. The van der Waals surface area contributed by atoms with Gasteiger partial charge in [0.2, 0.25) is 0 Å². The number of ether oxygens (including phenoxy) is 1. The highest BCUT2D eigenvalue weighted by Crippen LogP contribution is 2.15. The van der Waals surface area contributed by atoms with E-state index >= 15 is 0 Å². The molecular weight excluding hydrogens is 314 g/mol. The zero-order valence-electron chi connectivity index (χ0n) is 12.6. The Morgan fingerprint density at radius 3 is 2.35 bits per heavy atom. The molecule has 0 spiro atoms. The van der Waals surface area contributed by atoms with Crippen molar-refractivity contribution in [3.63, 3.8) is 0 Å². The van der Waals surface area contributed by atoms with Crippen molar-refractivity contribution in [3.05, 3.63) is 70.8 Å². The molecule has 0 atom stereocenters. The van der Waals surface area contributed by atoms with Crippen molar-refractivity contribution in [2.75, 3.05) is 11.9 Å². The molecule has 0 aliphatic heterocycles. The van der Waals surface area contributed by atoms with Crippen molar-refractivity contribution in [3.8, 4) is 0 Å².